The van der Waals surface area contributed by atoms with Crippen molar-refractivity contribution in [3.8, 4) is 0 Å². The van der Waals surface area contributed by atoms with Crippen molar-refractivity contribution < 1.29 is 9.47 Å². The first-order valence-electron chi connectivity index (χ1n) is 8.59. The highest BCUT2D eigenvalue weighted by molar-refractivity contribution is 5.77. The number of hydrogen-bond donors (Lipinski definition) is 2. The Morgan fingerprint density at radius 1 is 1.10 bits per heavy atom. The Bertz CT molecular complexity index is 361. The van der Waals surface area contributed by atoms with E-state index in [-0.39, 0.29) is 11.7 Å². The molecule has 5 heteroatoms. The van der Waals surface area contributed by atoms with Gasteiger partial charge in [0.05, 0.1) is 24.4 Å². The van der Waals surface area contributed by atoms with Gasteiger partial charge >= 0.3 is 0 Å². The quantitative estimate of drug-likeness (QED) is 0.614. The van der Waals surface area contributed by atoms with Crippen LogP contribution in [0.3, 0.4) is 0 Å². The van der Waals surface area contributed by atoms with E-state index in [4.69, 9.17) is 15.2 Å². The maximum absolute atomic E-state index is 6.30. The minimum absolute atomic E-state index is 0.179. The molecule has 3 aliphatic rings. The first-order valence-corrected chi connectivity index (χ1v) is 8.59. The molecule has 120 valence electrons. The summed E-state index contributed by atoms with van der Waals surface area (Å²) in [7, 11) is 0. The van der Waals surface area contributed by atoms with Gasteiger partial charge in [0.15, 0.2) is 5.96 Å². The summed E-state index contributed by atoms with van der Waals surface area (Å²) in [5.41, 5.74) is 6.11. The van der Waals surface area contributed by atoms with Crippen molar-refractivity contribution in [3.63, 3.8) is 0 Å². The molecule has 2 atom stereocenters. The molecule has 3 N–H and O–H groups in total. The van der Waals surface area contributed by atoms with Crippen LogP contribution in [0.25, 0.3) is 0 Å². The second kappa shape index (κ2) is 6.97. The minimum Gasteiger partial charge on any atom is -0.376 e. The molecule has 0 aromatic rings. The molecule has 1 saturated carbocycles. The third kappa shape index (κ3) is 4.10. The third-order valence-corrected chi connectivity index (χ3v) is 5.10. The number of guanidine groups is 1. The number of nitrogens with two attached hydrogens (primary N) is 1. The summed E-state index contributed by atoms with van der Waals surface area (Å²) in [6, 6.07) is 0. The molecule has 1 spiro atoms. The Balaban J connectivity index is 1.39. The molecule has 21 heavy (non-hydrogen) atoms. The maximum atomic E-state index is 6.30. The van der Waals surface area contributed by atoms with Crippen LogP contribution in [0, 0.1) is 0 Å². The van der Waals surface area contributed by atoms with E-state index in [1.807, 2.05) is 0 Å². The molecular formula is C16H29N3O2. The van der Waals surface area contributed by atoms with E-state index >= 15 is 0 Å². The van der Waals surface area contributed by atoms with Crippen LogP contribution in [-0.4, -0.2) is 43.5 Å². The molecule has 2 unspecified atom stereocenters. The standard InChI is InChI=1S/C16H29N3O2/c17-15(18-11-13-5-4-10-20-13)19-12-14-6-9-16(21-14)7-2-1-3-8-16/h13-14H,1-12H2,(H3,17,18,19). The van der Waals surface area contributed by atoms with Gasteiger partial charge < -0.3 is 20.5 Å². The number of aliphatic imine (C=N–C) groups is 1. The lowest BCUT2D eigenvalue weighted by Gasteiger charge is -2.33. The summed E-state index contributed by atoms with van der Waals surface area (Å²) in [4.78, 5) is 4.45. The fourth-order valence-electron chi connectivity index (χ4n) is 3.87. The minimum atomic E-state index is 0.179. The van der Waals surface area contributed by atoms with E-state index in [1.54, 1.807) is 0 Å². The van der Waals surface area contributed by atoms with E-state index in [0.717, 1.165) is 32.4 Å². The average Bonchev–Trinajstić information content (AvgIpc) is 3.14. The van der Waals surface area contributed by atoms with E-state index < -0.39 is 0 Å². The lowest BCUT2D eigenvalue weighted by Crippen LogP contribution is -2.38. The Labute approximate surface area is 127 Å². The zero-order chi connectivity index (χ0) is 14.5. The highest BCUT2D eigenvalue weighted by Crippen LogP contribution is 2.41. The van der Waals surface area contributed by atoms with Crippen LogP contribution in [0.4, 0.5) is 0 Å². The van der Waals surface area contributed by atoms with Gasteiger partial charge in [0.1, 0.15) is 0 Å². The number of ether oxygens (including phenoxy) is 2. The van der Waals surface area contributed by atoms with Gasteiger partial charge in [-0.1, -0.05) is 19.3 Å². The van der Waals surface area contributed by atoms with Gasteiger partial charge in [-0.3, -0.25) is 4.99 Å². The molecule has 3 fully saturated rings. The molecule has 3 rings (SSSR count). The first kappa shape index (κ1) is 15.1. The van der Waals surface area contributed by atoms with Crippen LogP contribution in [0.5, 0.6) is 0 Å². The normalized spacial score (nSPS) is 32.7. The van der Waals surface area contributed by atoms with Gasteiger partial charge in [0.25, 0.3) is 0 Å². The van der Waals surface area contributed by atoms with Crippen LogP contribution >= 0.6 is 0 Å². The largest absolute Gasteiger partial charge is 0.376 e. The smallest absolute Gasteiger partial charge is 0.188 e. The van der Waals surface area contributed by atoms with Crippen LogP contribution < -0.4 is 11.1 Å². The predicted molar refractivity (Wildman–Crippen MR) is 83.4 cm³/mol. The van der Waals surface area contributed by atoms with Crippen LogP contribution in [0.15, 0.2) is 4.99 Å². The van der Waals surface area contributed by atoms with Crippen molar-refractivity contribution in [2.75, 3.05) is 19.7 Å². The number of nitrogens with one attached hydrogen (secondary N) is 1. The molecule has 0 radical (unpaired) electrons. The molecule has 2 saturated heterocycles. The molecule has 1 aliphatic carbocycles. The van der Waals surface area contributed by atoms with Crippen molar-refractivity contribution >= 4 is 5.96 Å². The molecule has 0 aromatic heterocycles. The maximum Gasteiger partial charge on any atom is 0.188 e. The van der Waals surface area contributed by atoms with Gasteiger partial charge in [-0.05, 0) is 38.5 Å². The van der Waals surface area contributed by atoms with E-state index in [1.165, 1.54) is 38.5 Å². The van der Waals surface area contributed by atoms with E-state index in [9.17, 15) is 0 Å². The number of hydrogen-bond acceptors (Lipinski definition) is 3. The summed E-state index contributed by atoms with van der Waals surface area (Å²) in [6.45, 7) is 2.33. The van der Waals surface area contributed by atoms with Crippen molar-refractivity contribution in [3.05, 3.63) is 0 Å². The lowest BCUT2D eigenvalue weighted by atomic mass is 9.83. The van der Waals surface area contributed by atoms with Crippen molar-refractivity contribution in [2.45, 2.75) is 75.6 Å². The number of nitrogens with zero attached hydrogens (tertiary/aromatic N) is 1. The van der Waals surface area contributed by atoms with Gasteiger partial charge in [-0.15, -0.1) is 0 Å². The topological polar surface area (TPSA) is 68.9 Å². The monoisotopic (exact) mass is 295 g/mol. The predicted octanol–water partition coefficient (Wildman–Crippen LogP) is 1.95. The van der Waals surface area contributed by atoms with E-state index in [0.29, 0.717) is 18.6 Å². The van der Waals surface area contributed by atoms with Gasteiger partial charge in [-0.25, -0.2) is 0 Å². The molecular weight excluding hydrogens is 266 g/mol. The van der Waals surface area contributed by atoms with Gasteiger partial charge in [0.2, 0.25) is 0 Å². The van der Waals surface area contributed by atoms with Crippen molar-refractivity contribution in [1.29, 1.82) is 0 Å². The Morgan fingerprint density at radius 2 is 1.95 bits per heavy atom. The Hall–Kier alpha value is -0.810. The summed E-state index contributed by atoms with van der Waals surface area (Å²) < 4.78 is 11.9. The Kier molecular flexibility index (Phi) is 5.01. The van der Waals surface area contributed by atoms with Gasteiger partial charge in [-0.2, -0.15) is 0 Å². The second-order valence-electron chi connectivity index (χ2n) is 6.76. The molecule has 5 nitrogen and oxygen atoms in total. The molecule has 2 aliphatic heterocycles. The highest BCUT2D eigenvalue weighted by Gasteiger charge is 2.40. The zero-order valence-electron chi connectivity index (χ0n) is 13.0. The van der Waals surface area contributed by atoms with E-state index in [2.05, 4.69) is 10.3 Å². The third-order valence-electron chi connectivity index (χ3n) is 5.10. The first-order chi connectivity index (χ1) is 10.3. The molecule has 0 amide bonds. The van der Waals surface area contributed by atoms with Gasteiger partial charge in [0, 0.05) is 13.2 Å². The molecule has 2 heterocycles. The van der Waals surface area contributed by atoms with Crippen molar-refractivity contribution in [2.24, 2.45) is 10.7 Å². The fraction of sp³-hybridized carbons (Fsp3) is 0.938. The second-order valence-corrected chi connectivity index (χ2v) is 6.76. The highest BCUT2D eigenvalue weighted by atomic mass is 16.5. The summed E-state index contributed by atoms with van der Waals surface area (Å²) in [6.07, 6.45) is 11.6. The fourth-order valence-corrected chi connectivity index (χ4v) is 3.87. The molecule has 0 bridgehead atoms. The summed E-state index contributed by atoms with van der Waals surface area (Å²) >= 11 is 0. The summed E-state index contributed by atoms with van der Waals surface area (Å²) in [5.74, 6) is 0.527. The van der Waals surface area contributed by atoms with Crippen molar-refractivity contribution in [1.82, 2.24) is 5.32 Å². The van der Waals surface area contributed by atoms with Crippen LogP contribution in [0.1, 0.15) is 57.8 Å². The average molecular weight is 295 g/mol. The zero-order valence-corrected chi connectivity index (χ0v) is 13.0. The van der Waals surface area contributed by atoms with Crippen LogP contribution in [-0.2, 0) is 9.47 Å². The molecule has 0 aromatic carbocycles. The summed E-state index contributed by atoms with van der Waals surface area (Å²) in [5, 5.41) is 3.17. The SMILES string of the molecule is NC(=NCC1CCC2(CCCCC2)O1)NCC1CCCO1. The number of rotatable bonds is 4. The Morgan fingerprint density at radius 3 is 2.71 bits per heavy atom. The van der Waals surface area contributed by atoms with Crippen LogP contribution in [0.2, 0.25) is 0 Å². The lowest BCUT2D eigenvalue weighted by molar-refractivity contribution is -0.0598.